The number of carbonyl (C=O) groups excluding carboxylic acids is 2. The second kappa shape index (κ2) is 8.35. The minimum atomic E-state index is -0.461. The van der Waals surface area contributed by atoms with Crippen molar-refractivity contribution >= 4 is 23.4 Å². The minimum absolute atomic E-state index is 0.0579. The highest BCUT2D eigenvalue weighted by atomic mass is 35.5. The van der Waals surface area contributed by atoms with Gasteiger partial charge >= 0.3 is 0 Å². The second-order valence-corrected chi connectivity index (χ2v) is 7.60. The molecule has 3 rings (SSSR count). The van der Waals surface area contributed by atoms with Crippen LogP contribution in [0.3, 0.4) is 0 Å². The molecule has 0 bridgehead atoms. The van der Waals surface area contributed by atoms with Crippen LogP contribution in [0.5, 0.6) is 0 Å². The molecule has 0 aliphatic carbocycles. The first kappa shape index (κ1) is 19.1. The van der Waals surface area contributed by atoms with Gasteiger partial charge in [-0.25, -0.2) is 4.39 Å². The van der Waals surface area contributed by atoms with Gasteiger partial charge in [0.15, 0.2) is 0 Å². The Bertz CT molecular complexity index is 685. The lowest BCUT2D eigenvalue weighted by molar-refractivity contribution is -0.137. The summed E-state index contributed by atoms with van der Waals surface area (Å²) in [5, 5.41) is 0.123. The molecular formula is C19H25ClFN3O2. The molecule has 142 valence electrons. The Morgan fingerprint density at radius 2 is 1.81 bits per heavy atom. The predicted molar refractivity (Wildman–Crippen MR) is 98.7 cm³/mol. The van der Waals surface area contributed by atoms with E-state index in [0.29, 0.717) is 31.7 Å². The maximum atomic E-state index is 13.2. The van der Waals surface area contributed by atoms with Gasteiger partial charge in [0.25, 0.3) is 5.91 Å². The largest absolute Gasteiger partial charge is 0.341 e. The predicted octanol–water partition coefficient (Wildman–Crippen LogP) is 2.50. The average molecular weight is 382 g/mol. The van der Waals surface area contributed by atoms with Crippen LogP contribution >= 0.6 is 11.6 Å². The summed E-state index contributed by atoms with van der Waals surface area (Å²) >= 11 is 6.02. The van der Waals surface area contributed by atoms with Gasteiger partial charge in [0, 0.05) is 32.7 Å². The topological polar surface area (TPSA) is 43.9 Å². The number of hydrogen-bond donors (Lipinski definition) is 0. The lowest BCUT2D eigenvalue weighted by atomic mass is 9.97. The third kappa shape index (κ3) is 4.35. The number of carbonyl (C=O) groups is 2. The first-order valence-electron chi connectivity index (χ1n) is 9.17. The molecule has 1 aromatic rings. The third-order valence-electron chi connectivity index (χ3n) is 5.23. The van der Waals surface area contributed by atoms with Crippen molar-refractivity contribution < 1.29 is 14.0 Å². The van der Waals surface area contributed by atoms with Crippen LogP contribution in [-0.2, 0) is 4.79 Å². The van der Waals surface area contributed by atoms with Gasteiger partial charge < -0.3 is 14.7 Å². The zero-order chi connectivity index (χ0) is 18.7. The maximum absolute atomic E-state index is 13.2. The fourth-order valence-electron chi connectivity index (χ4n) is 3.80. The molecule has 1 aromatic carbocycles. The van der Waals surface area contributed by atoms with Gasteiger partial charge in [-0.15, -0.1) is 0 Å². The normalized spacial score (nSPS) is 22.2. The lowest BCUT2D eigenvalue weighted by Crippen LogP contribution is -2.45. The highest BCUT2D eigenvalue weighted by Crippen LogP contribution is 2.21. The van der Waals surface area contributed by atoms with Crippen LogP contribution in [0.2, 0.25) is 5.02 Å². The SMILES string of the molecule is CN1CCCC(C(=O)N2CCCN(C(=O)c3ccc(F)cc3Cl)CC2)C1. The van der Waals surface area contributed by atoms with Crippen molar-refractivity contribution in [2.45, 2.75) is 19.3 Å². The summed E-state index contributed by atoms with van der Waals surface area (Å²) in [4.78, 5) is 31.3. The molecule has 2 amide bonds. The van der Waals surface area contributed by atoms with Gasteiger partial charge in [-0.3, -0.25) is 9.59 Å². The number of halogens is 2. The Kier molecular flexibility index (Phi) is 6.14. The van der Waals surface area contributed by atoms with E-state index in [4.69, 9.17) is 11.6 Å². The summed E-state index contributed by atoms with van der Waals surface area (Å²) in [5.41, 5.74) is 0.307. The summed E-state index contributed by atoms with van der Waals surface area (Å²) < 4.78 is 13.2. The molecule has 1 unspecified atom stereocenters. The molecular weight excluding hydrogens is 357 g/mol. The molecule has 2 heterocycles. The number of benzene rings is 1. The number of piperidine rings is 1. The summed E-state index contributed by atoms with van der Waals surface area (Å²) in [6.45, 7) is 4.10. The molecule has 2 aliphatic heterocycles. The molecule has 26 heavy (non-hydrogen) atoms. The van der Waals surface area contributed by atoms with Crippen molar-refractivity contribution in [1.29, 1.82) is 0 Å². The molecule has 0 spiro atoms. The first-order chi connectivity index (χ1) is 12.5. The lowest BCUT2D eigenvalue weighted by Gasteiger charge is -2.32. The maximum Gasteiger partial charge on any atom is 0.255 e. The van der Waals surface area contributed by atoms with Crippen molar-refractivity contribution in [2.24, 2.45) is 5.92 Å². The van der Waals surface area contributed by atoms with Crippen LogP contribution in [0.1, 0.15) is 29.6 Å². The van der Waals surface area contributed by atoms with Gasteiger partial charge in [-0.2, -0.15) is 0 Å². The van der Waals surface area contributed by atoms with Gasteiger partial charge in [0.05, 0.1) is 16.5 Å². The summed E-state index contributed by atoms with van der Waals surface area (Å²) in [5.74, 6) is -0.411. The van der Waals surface area contributed by atoms with E-state index in [1.807, 2.05) is 4.90 Å². The van der Waals surface area contributed by atoms with E-state index < -0.39 is 5.82 Å². The Balaban J connectivity index is 1.62. The van der Waals surface area contributed by atoms with Crippen molar-refractivity contribution in [3.05, 3.63) is 34.6 Å². The van der Waals surface area contributed by atoms with Gasteiger partial charge in [-0.05, 0) is 51.1 Å². The number of amides is 2. The highest BCUT2D eigenvalue weighted by Gasteiger charge is 2.30. The number of nitrogens with zero attached hydrogens (tertiary/aromatic N) is 3. The van der Waals surface area contributed by atoms with Crippen LogP contribution in [0.15, 0.2) is 18.2 Å². The van der Waals surface area contributed by atoms with E-state index in [0.717, 1.165) is 38.4 Å². The van der Waals surface area contributed by atoms with Gasteiger partial charge in [-0.1, -0.05) is 11.6 Å². The summed E-state index contributed by atoms with van der Waals surface area (Å²) in [6.07, 6.45) is 2.72. The van der Waals surface area contributed by atoms with Crippen LogP contribution in [0.25, 0.3) is 0 Å². The Morgan fingerprint density at radius 1 is 1.08 bits per heavy atom. The fraction of sp³-hybridized carbons (Fsp3) is 0.579. The molecule has 7 heteroatoms. The van der Waals surface area contributed by atoms with E-state index in [9.17, 15) is 14.0 Å². The van der Waals surface area contributed by atoms with Crippen molar-refractivity contribution in [3.63, 3.8) is 0 Å². The van der Waals surface area contributed by atoms with Crippen molar-refractivity contribution in [2.75, 3.05) is 46.3 Å². The van der Waals surface area contributed by atoms with E-state index in [2.05, 4.69) is 11.9 Å². The van der Waals surface area contributed by atoms with Gasteiger partial charge in [0.2, 0.25) is 5.91 Å². The zero-order valence-corrected chi connectivity index (χ0v) is 15.8. The molecule has 0 N–H and O–H groups in total. The molecule has 1 atom stereocenters. The second-order valence-electron chi connectivity index (χ2n) is 7.20. The monoisotopic (exact) mass is 381 g/mol. The number of hydrogen-bond acceptors (Lipinski definition) is 3. The van der Waals surface area contributed by atoms with Crippen LogP contribution in [0.4, 0.5) is 4.39 Å². The zero-order valence-electron chi connectivity index (χ0n) is 15.1. The van der Waals surface area contributed by atoms with Crippen LogP contribution in [0, 0.1) is 11.7 Å². The molecule has 0 radical (unpaired) electrons. The molecule has 0 aromatic heterocycles. The first-order valence-corrected chi connectivity index (χ1v) is 9.55. The third-order valence-corrected chi connectivity index (χ3v) is 5.54. The minimum Gasteiger partial charge on any atom is -0.341 e. The average Bonchev–Trinajstić information content (AvgIpc) is 2.87. The van der Waals surface area contributed by atoms with E-state index in [-0.39, 0.29) is 22.8 Å². The van der Waals surface area contributed by atoms with E-state index in [1.54, 1.807) is 4.90 Å². The quantitative estimate of drug-likeness (QED) is 0.790. The van der Waals surface area contributed by atoms with E-state index >= 15 is 0 Å². The van der Waals surface area contributed by atoms with Crippen LogP contribution < -0.4 is 0 Å². The van der Waals surface area contributed by atoms with Gasteiger partial charge in [0.1, 0.15) is 5.82 Å². The van der Waals surface area contributed by atoms with E-state index in [1.165, 1.54) is 12.1 Å². The Hall–Kier alpha value is -1.66. The summed E-state index contributed by atoms with van der Waals surface area (Å²) in [6, 6.07) is 3.82. The van der Waals surface area contributed by atoms with Crippen molar-refractivity contribution in [1.82, 2.24) is 14.7 Å². The highest BCUT2D eigenvalue weighted by molar-refractivity contribution is 6.33. The fourth-order valence-corrected chi connectivity index (χ4v) is 4.05. The number of rotatable bonds is 2. The molecule has 5 nitrogen and oxygen atoms in total. The Morgan fingerprint density at radius 3 is 2.54 bits per heavy atom. The Labute approximate surface area is 158 Å². The summed E-state index contributed by atoms with van der Waals surface area (Å²) in [7, 11) is 2.05. The van der Waals surface area contributed by atoms with Crippen molar-refractivity contribution in [3.8, 4) is 0 Å². The molecule has 0 saturated carbocycles. The number of likely N-dealkylation sites (tertiary alicyclic amines) is 1. The molecule has 2 saturated heterocycles. The molecule has 2 fully saturated rings. The van der Waals surface area contributed by atoms with Crippen LogP contribution in [-0.4, -0.2) is 72.8 Å². The molecule has 2 aliphatic rings. The standard InChI is InChI=1S/C19H25ClFN3O2/c1-22-7-2-4-14(13-22)18(25)23-8-3-9-24(11-10-23)19(26)16-6-5-15(21)12-17(16)20/h5-6,12,14H,2-4,7-11,13H2,1H3. The smallest absolute Gasteiger partial charge is 0.255 e.